The molecule has 0 radical (unpaired) electrons. The van der Waals surface area contributed by atoms with Gasteiger partial charge < -0.3 is 25.1 Å². The second-order valence-electron chi connectivity index (χ2n) is 6.21. The minimum Gasteiger partial charge on any atom is -0.378 e. The Kier molecular flexibility index (Phi) is 6.38. The zero-order chi connectivity index (χ0) is 18.2. The summed E-state index contributed by atoms with van der Waals surface area (Å²) in [6, 6.07) is 10.1. The number of ether oxygens (including phenoxy) is 1. The third-order valence-corrected chi connectivity index (χ3v) is 4.50. The molecule has 2 heterocycles. The van der Waals surface area contributed by atoms with E-state index in [0.29, 0.717) is 32.0 Å². The molecule has 0 aliphatic carbocycles. The quantitative estimate of drug-likeness (QED) is 0.790. The highest BCUT2D eigenvalue weighted by Crippen LogP contribution is 2.28. The van der Waals surface area contributed by atoms with Gasteiger partial charge in [0.15, 0.2) is 0 Å². The molecule has 0 saturated heterocycles. The molecule has 0 spiro atoms. The summed E-state index contributed by atoms with van der Waals surface area (Å²) in [7, 11) is 0. The van der Waals surface area contributed by atoms with Crippen molar-refractivity contribution in [1.82, 2.24) is 15.5 Å². The number of carbonyl (C=O) groups is 2. The van der Waals surface area contributed by atoms with E-state index >= 15 is 0 Å². The van der Waals surface area contributed by atoms with Gasteiger partial charge in [0.2, 0.25) is 0 Å². The van der Waals surface area contributed by atoms with Gasteiger partial charge in [0.1, 0.15) is 12.0 Å². The van der Waals surface area contributed by atoms with Crippen LogP contribution in [0.2, 0.25) is 0 Å². The van der Waals surface area contributed by atoms with E-state index in [1.807, 2.05) is 18.2 Å². The molecule has 0 saturated carbocycles. The normalized spacial score (nSPS) is 21.8. The fourth-order valence-electron chi connectivity index (χ4n) is 3.12. The van der Waals surface area contributed by atoms with Crippen LogP contribution in [0.4, 0.5) is 0 Å². The smallest absolute Gasteiger partial charge is 0.272 e. The van der Waals surface area contributed by atoms with Gasteiger partial charge in [0.05, 0.1) is 38.7 Å². The first-order chi connectivity index (χ1) is 12.8. The lowest BCUT2D eigenvalue weighted by atomic mass is 9.96. The van der Waals surface area contributed by atoms with E-state index in [1.165, 1.54) is 4.90 Å². The highest BCUT2D eigenvalue weighted by atomic mass is 16.5. The summed E-state index contributed by atoms with van der Waals surface area (Å²) >= 11 is 0. The number of nitrogens with one attached hydrogen (secondary N) is 2. The standard InChI is InChI=1S/C19H24N4O3/c24-11-9-23-10-13-26-12-8-20-14-21-17-7-6-16(22-18(17)19(23)25)15-4-2-1-3-5-15/h1-5,11,14,16,22H,6-10,12-13H2,(H,20,21). The van der Waals surface area contributed by atoms with Gasteiger partial charge in [-0.15, -0.1) is 0 Å². The molecule has 3 rings (SSSR count). The second-order valence-corrected chi connectivity index (χ2v) is 6.21. The van der Waals surface area contributed by atoms with Crippen LogP contribution in [0, 0.1) is 0 Å². The number of hydrogen-bond donors (Lipinski definition) is 2. The Bertz CT molecular complexity index is 687. The maximum Gasteiger partial charge on any atom is 0.272 e. The predicted octanol–water partition coefficient (Wildman–Crippen LogP) is 0.998. The zero-order valence-corrected chi connectivity index (χ0v) is 14.7. The number of carbonyl (C=O) groups excluding carboxylic acids is 2. The molecule has 7 heteroatoms. The maximum absolute atomic E-state index is 13.1. The van der Waals surface area contributed by atoms with Crippen LogP contribution in [-0.4, -0.2) is 56.3 Å². The van der Waals surface area contributed by atoms with Crippen molar-refractivity contribution in [3.8, 4) is 0 Å². The van der Waals surface area contributed by atoms with Gasteiger partial charge in [0.25, 0.3) is 5.91 Å². The van der Waals surface area contributed by atoms with Gasteiger partial charge in [-0.25, -0.2) is 0 Å². The fourth-order valence-corrected chi connectivity index (χ4v) is 3.12. The number of hydrogen-bond acceptors (Lipinski definition) is 6. The molecule has 1 aromatic carbocycles. The van der Waals surface area contributed by atoms with Crippen molar-refractivity contribution in [3.05, 3.63) is 47.3 Å². The molecule has 1 atom stereocenters. The summed E-state index contributed by atoms with van der Waals surface area (Å²) < 4.78 is 5.47. The third-order valence-electron chi connectivity index (χ3n) is 4.50. The molecule has 2 aliphatic heterocycles. The van der Waals surface area contributed by atoms with Crippen LogP contribution in [0.15, 0.2) is 46.7 Å². The van der Waals surface area contributed by atoms with Crippen molar-refractivity contribution in [2.45, 2.75) is 18.9 Å². The number of allylic oxidation sites excluding steroid dienone is 1. The molecule has 0 fully saturated rings. The summed E-state index contributed by atoms with van der Waals surface area (Å²) in [5, 5.41) is 6.51. The van der Waals surface area contributed by atoms with E-state index in [9.17, 15) is 9.59 Å². The Morgan fingerprint density at radius 3 is 2.92 bits per heavy atom. The molecule has 0 aromatic heterocycles. The summed E-state index contributed by atoms with van der Waals surface area (Å²) in [5.74, 6) is -0.196. The average molecular weight is 356 g/mol. The lowest BCUT2D eigenvalue weighted by Crippen LogP contribution is -2.44. The van der Waals surface area contributed by atoms with Gasteiger partial charge in [-0.05, 0) is 18.4 Å². The molecule has 26 heavy (non-hydrogen) atoms. The first-order valence-corrected chi connectivity index (χ1v) is 8.89. The van der Waals surface area contributed by atoms with Crippen LogP contribution in [0.3, 0.4) is 0 Å². The van der Waals surface area contributed by atoms with Gasteiger partial charge in [-0.2, -0.15) is 0 Å². The minimum atomic E-state index is -0.196. The van der Waals surface area contributed by atoms with E-state index in [-0.39, 0.29) is 18.5 Å². The van der Waals surface area contributed by atoms with Crippen molar-refractivity contribution in [3.63, 3.8) is 0 Å². The molecule has 1 amide bonds. The first-order valence-electron chi connectivity index (χ1n) is 8.89. The summed E-state index contributed by atoms with van der Waals surface area (Å²) in [4.78, 5) is 29.9. The number of rotatable bonds is 3. The maximum atomic E-state index is 13.1. The van der Waals surface area contributed by atoms with Gasteiger partial charge >= 0.3 is 0 Å². The molecule has 1 unspecified atom stereocenters. The minimum absolute atomic E-state index is 0.0464. The molecule has 7 nitrogen and oxygen atoms in total. The van der Waals surface area contributed by atoms with Crippen LogP contribution < -0.4 is 10.6 Å². The lowest BCUT2D eigenvalue weighted by Gasteiger charge is -2.32. The lowest BCUT2D eigenvalue weighted by molar-refractivity contribution is -0.130. The van der Waals surface area contributed by atoms with Gasteiger partial charge in [-0.1, -0.05) is 30.3 Å². The summed E-state index contributed by atoms with van der Waals surface area (Å²) in [6.07, 6.45) is 3.96. The van der Waals surface area contributed by atoms with Crippen LogP contribution in [0.1, 0.15) is 24.4 Å². The number of aldehydes is 1. The molecular weight excluding hydrogens is 332 g/mol. The summed E-state index contributed by atoms with van der Waals surface area (Å²) in [5.41, 5.74) is 2.44. The molecule has 1 aromatic rings. The van der Waals surface area contributed by atoms with Crippen molar-refractivity contribution in [2.75, 3.05) is 32.8 Å². The predicted molar refractivity (Wildman–Crippen MR) is 98.5 cm³/mol. The van der Waals surface area contributed by atoms with Crippen molar-refractivity contribution in [1.29, 1.82) is 0 Å². The molecule has 138 valence electrons. The monoisotopic (exact) mass is 356 g/mol. The third kappa shape index (κ3) is 4.49. The van der Waals surface area contributed by atoms with Gasteiger partial charge in [0, 0.05) is 12.2 Å². The van der Waals surface area contributed by atoms with Gasteiger partial charge in [-0.3, -0.25) is 9.79 Å². The first kappa shape index (κ1) is 18.1. The van der Waals surface area contributed by atoms with Crippen molar-refractivity contribution < 1.29 is 14.3 Å². The van der Waals surface area contributed by atoms with Crippen molar-refractivity contribution >= 4 is 18.5 Å². The number of nitrogens with zero attached hydrogens (tertiary/aromatic N) is 2. The SMILES string of the molecule is O=CCN1CCOCCN=CNC2=C(NC(c3ccccc3)CC2)C1=O. The molecule has 2 aliphatic rings. The topological polar surface area (TPSA) is 83.0 Å². The van der Waals surface area contributed by atoms with E-state index in [0.717, 1.165) is 30.4 Å². The second kappa shape index (κ2) is 9.15. The van der Waals surface area contributed by atoms with E-state index < -0.39 is 0 Å². The Labute approximate surface area is 153 Å². The van der Waals surface area contributed by atoms with Crippen LogP contribution in [0.25, 0.3) is 0 Å². The van der Waals surface area contributed by atoms with Crippen molar-refractivity contribution in [2.24, 2.45) is 4.99 Å². The molecule has 2 N–H and O–H groups in total. The van der Waals surface area contributed by atoms with E-state index in [2.05, 4.69) is 27.8 Å². The highest BCUT2D eigenvalue weighted by Gasteiger charge is 2.28. The van der Waals surface area contributed by atoms with Crippen LogP contribution in [-0.2, 0) is 14.3 Å². The number of benzene rings is 1. The van der Waals surface area contributed by atoms with E-state index in [4.69, 9.17) is 4.74 Å². The number of aliphatic imine (C=N–C) groups is 1. The van der Waals surface area contributed by atoms with Crippen LogP contribution >= 0.6 is 0 Å². The highest BCUT2D eigenvalue weighted by molar-refractivity contribution is 5.95. The Hall–Kier alpha value is -2.67. The number of amides is 1. The Morgan fingerprint density at radius 2 is 2.12 bits per heavy atom. The zero-order valence-electron chi connectivity index (χ0n) is 14.7. The molecular formula is C19H24N4O3. The largest absolute Gasteiger partial charge is 0.378 e. The van der Waals surface area contributed by atoms with Crippen LogP contribution in [0.5, 0.6) is 0 Å². The Balaban J connectivity index is 1.88. The average Bonchev–Trinajstić information content (AvgIpc) is 2.68. The fraction of sp³-hybridized carbons (Fsp3) is 0.421. The van der Waals surface area contributed by atoms with E-state index in [1.54, 1.807) is 6.34 Å². The Morgan fingerprint density at radius 1 is 1.27 bits per heavy atom. The molecule has 0 bridgehead atoms. The summed E-state index contributed by atoms with van der Waals surface area (Å²) in [6.45, 7) is 1.84.